The van der Waals surface area contributed by atoms with E-state index in [-0.39, 0.29) is 23.8 Å². The molecule has 0 aliphatic carbocycles. The van der Waals surface area contributed by atoms with Crippen molar-refractivity contribution < 1.29 is 19.1 Å². The van der Waals surface area contributed by atoms with Gasteiger partial charge in [0, 0.05) is 35.7 Å². The van der Waals surface area contributed by atoms with Gasteiger partial charge in [-0.2, -0.15) is 0 Å². The van der Waals surface area contributed by atoms with E-state index in [0.29, 0.717) is 41.3 Å². The van der Waals surface area contributed by atoms with Gasteiger partial charge in [-0.3, -0.25) is 9.59 Å². The highest BCUT2D eigenvalue weighted by Gasteiger charge is 2.29. The Kier molecular flexibility index (Phi) is 4.58. The third-order valence-corrected chi connectivity index (χ3v) is 5.68. The van der Waals surface area contributed by atoms with E-state index >= 15 is 0 Å². The van der Waals surface area contributed by atoms with Gasteiger partial charge in [-0.15, -0.1) is 0 Å². The molecule has 0 unspecified atom stereocenters. The molecule has 4 heterocycles. The number of H-pyrrole nitrogens is 1. The maximum atomic E-state index is 12.2. The number of fused-ring (bicyclic) bond motifs is 2. The molecule has 0 radical (unpaired) electrons. The van der Waals surface area contributed by atoms with Crippen LogP contribution in [-0.4, -0.2) is 46.5 Å². The molecule has 1 aromatic carbocycles. The van der Waals surface area contributed by atoms with Crippen LogP contribution in [0.15, 0.2) is 36.9 Å². The van der Waals surface area contributed by atoms with Gasteiger partial charge >= 0.3 is 0 Å². The first kappa shape index (κ1) is 19.1. The van der Waals surface area contributed by atoms with Crippen LogP contribution in [0, 0.1) is 5.92 Å². The van der Waals surface area contributed by atoms with Crippen LogP contribution in [0.1, 0.15) is 18.9 Å². The molecule has 158 valence electrons. The molecule has 0 bridgehead atoms. The lowest BCUT2D eigenvalue weighted by Crippen LogP contribution is -2.26. The second-order valence-corrected chi connectivity index (χ2v) is 7.68. The second-order valence-electron chi connectivity index (χ2n) is 7.68. The number of amides is 2. The van der Waals surface area contributed by atoms with E-state index in [1.165, 1.54) is 13.4 Å². The lowest BCUT2D eigenvalue weighted by atomic mass is 10.0. The highest BCUT2D eigenvalue weighted by atomic mass is 16.5. The molecule has 2 atom stereocenters. The number of methoxy groups -OCH3 is 1. The molecular weight excluding hydrogens is 398 g/mol. The molecule has 3 N–H and O–H groups in total. The van der Waals surface area contributed by atoms with Crippen LogP contribution in [0.25, 0.3) is 27.9 Å². The van der Waals surface area contributed by atoms with E-state index in [1.54, 1.807) is 6.33 Å². The highest BCUT2D eigenvalue weighted by molar-refractivity contribution is 6.31. The lowest BCUT2D eigenvalue weighted by Gasteiger charge is -2.19. The summed E-state index contributed by atoms with van der Waals surface area (Å²) in [6, 6.07) is 7.54. The van der Waals surface area contributed by atoms with E-state index in [2.05, 4.69) is 20.6 Å². The number of anilines is 1. The van der Waals surface area contributed by atoms with Gasteiger partial charge in [-0.05, 0) is 19.1 Å². The van der Waals surface area contributed by atoms with Crippen LogP contribution < -0.4 is 15.4 Å². The summed E-state index contributed by atoms with van der Waals surface area (Å²) < 4.78 is 11.2. The number of carbonyl (C=O) groups is 2. The van der Waals surface area contributed by atoms with Crippen molar-refractivity contribution in [2.75, 3.05) is 19.0 Å². The van der Waals surface area contributed by atoms with Crippen LogP contribution in [-0.2, 0) is 14.3 Å². The number of carbonyl (C=O) groups excluding carboxylic acids is 2. The van der Waals surface area contributed by atoms with Gasteiger partial charge in [0.05, 0.1) is 36.5 Å². The smallest absolute Gasteiger partial charge is 0.259 e. The maximum absolute atomic E-state index is 12.2. The summed E-state index contributed by atoms with van der Waals surface area (Å²) in [5, 5.41) is 5.69. The first-order chi connectivity index (χ1) is 15.0. The summed E-state index contributed by atoms with van der Waals surface area (Å²) in [6.45, 7) is 2.53. The molecule has 9 heteroatoms. The third kappa shape index (κ3) is 3.37. The van der Waals surface area contributed by atoms with Crippen molar-refractivity contribution in [3.8, 4) is 17.1 Å². The first-order valence-corrected chi connectivity index (χ1v) is 10.00. The van der Waals surface area contributed by atoms with Crippen LogP contribution in [0.2, 0.25) is 0 Å². The van der Waals surface area contributed by atoms with Crippen LogP contribution >= 0.6 is 0 Å². The Hall–Kier alpha value is -3.88. The predicted molar refractivity (Wildman–Crippen MR) is 114 cm³/mol. The molecule has 2 amide bonds. The minimum atomic E-state index is -0.206. The molecule has 31 heavy (non-hydrogen) atoms. The van der Waals surface area contributed by atoms with Crippen molar-refractivity contribution in [1.29, 1.82) is 0 Å². The molecular formula is C22H21N5O4. The van der Waals surface area contributed by atoms with E-state index in [4.69, 9.17) is 14.5 Å². The number of rotatable bonds is 5. The summed E-state index contributed by atoms with van der Waals surface area (Å²) in [5.41, 5.74) is 4.89. The van der Waals surface area contributed by atoms with Crippen molar-refractivity contribution in [2.24, 2.45) is 5.92 Å². The number of nitrogens with zero attached hydrogens (tertiary/aromatic N) is 2. The minimum Gasteiger partial charge on any atom is -0.504 e. The topological polar surface area (TPSA) is 118 Å². The maximum Gasteiger partial charge on any atom is 0.259 e. The monoisotopic (exact) mass is 419 g/mol. The Morgan fingerprint density at radius 1 is 1.26 bits per heavy atom. The summed E-state index contributed by atoms with van der Waals surface area (Å²) in [4.78, 5) is 35.9. The molecule has 0 spiro atoms. The fraction of sp³-hybridized carbons (Fsp3) is 0.273. The number of benzene rings is 1. The molecule has 3 aromatic rings. The van der Waals surface area contributed by atoms with Gasteiger partial charge < -0.3 is 25.1 Å². The Morgan fingerprint density at radius 2 is 2.13 bits per heavy atom. The molecule has 9 nitrogen and oxygen atoms in total. The van der Waals surface area contributed by atoms with Gasteiger partial charge in [-0.1, -0.05) is 12.1 Å². The van der Waals surface area contributed by atoms with E-state index < -0.39 is 0 Å². The molecule has 5 rings (SSSR count). The zero-order chi connectivity index (χ0) is 21.5. The Morgan fingerprint density at radius 3 is 2.90 bits per heavy atom. The van der Waals surface area contributed by atoms with Crippen molar-refractivity contribution in [3.63, 3.8) is 0 Å². The molecule has 1 fully saturated rings. The van der Waals surface area contributed by atoms with E-state index in [0.717, 1.165) is 16.6 Å². The van der Waals surface area contributed by atoms with Crippen molar-refractivity contribution in [2.45, 2.75) is 19.4 Å². The normalized spacial score (nSPS) is 19.9. The minimum absolute atomic E-state index is 0.0363. The molecule has 1 saturated heterocycles. The van der Waals surface area contributed by atoms with Crippen molar-refractivity contribution in [3.05, 3.63) is 42.4 Å². The largest absolute Gasteiger partial charge is 0.504 e. The number of imidazole rings is 1. The van der Waals surface area contributed by atoms with Crippen LogP contribution in [0.4, 0.5) is 5.69 Å². The average molecular weight is 419 g/mol. The molecule has 2 aliphatic rings. The van der Waals surface area contributed by atoms with Crippen LogP contribution in [0.3, 0.4) is 0 Å². The fourth-order valence-electron chi connectivity index (χ4n) is 3.97. The number of aromatic nitrogens is 3. The molecule has 0 saturated carbocycles. The zero-order valence-corrected chi connectivity index (χ0v) is 17.1. The van der Waals surface area contributed by atoms with Gasteiger partial charge in [0.1, 0.15) is 6.10 Å². The van der Waals surface area contributed by atoms with E-state index in [9.17, 15) is 9.59 Å². The van der Waals surface area contributed by atoms with E-state index in [1.807, 2.05) is 31.2 Å². The Labute approximate surface area is 177 Å². The van der Waals surface area contributed by atoms with Gasteiger partial charge in [0.15, 0.2) is 5.52 Å². The number of nitrogens with one attached hydrogen (secondary N) is 3. The van der Waals surface area contributed by atoms with Gasteiger partial charge in [-0.25, -0.2) is 9.97 Å². The Balaban J connectivity index is 1.50. The standard InChI is InChI=1S/C22H21N5O4/c1-11(13-6-19(28)23-8-13)31-22-20-18(24-10-25-20)7-16(27-22)12-3-4-14-15(9-30-2)21(29)26-17(14)5-12/h3-5,7,9-11,13H,6,8H2,1-2H3,(H,23,28)(H,24,25)(H,26,29)/b15-9+/t11-,13-/m1/s1. The number of hydrogen-bond acceptors (Lipinski definition) is 6. The summed E-state index contributed by atoms with van der Waals surface area (Å²) in [6.07, 6.45) is 3.26. The number of ether oxygens (including phenoxy) is 2. The molecule has 2 aromatic heterocycles. The third-order valence-electron chi connectivity index (χ3n) is 5.68. The lowest BCUT2D eigenvalue weighted by molar-refractivity contribution is -0.119. The fourth-order valence-corrected chi connectivity index (χ4v) is 3.97. The number of aromatic amines is 1. The second kappa shape index (κ2) is 7.42. The van der Waals surface area contributed by atoms with Crippen molar-refractivity contribution >= 4 is 34.1 Å². The van der Waals surface area contributed by atoms with Gasteiger partial charge in [0.2, 0.25) is 11.8 Å². The number of pyridine rings is 1. The quantitative estimate of drug-likeness (QED) is 0.432. The van der Waals surface area contributed by atoms with Crippen molar-refractivity contribution in [1.82, 2.24) is 20.3 Å². The predicted octanol–water partition coefficient (Wildman–Crippen LogP) is 2.47. The first-order valence-electron chi connectivity index (χ1n) is 10.00. The van der Waals surface area contributed by atoms with Crippen LogP contribution in [0.5, 0.6) is 5.88 Å². The highest BCUT2D eigenvalue weighted by Crippen LogP contribution is 2.36. The Bertz CT molecular complexity index is 1230. The summed E-state index contributed by atoms with van der Waals surface area (Å²) in [7, 11) is 1.51. The SMILES string of the molecule is CO/C=C1/C(=O)Nc2cc(-c3cc4[nH]cnc4c(O[C@H](C)[C@H]4CNC(=O)C4)n3)ccc21. The molecule has 2 aliphatic heterocycles. The zero-order valence-electron chi connectivity index (χ0n) is 17.1. The summed E-state index contributed by atoms with van der Waals surface area (Å²) in [5.74, 6) is 0.316. The van der Waals surface area contributed by atoms with Gasteiger partial charge in [0.25, 0.3) is 5.91 Å². The number of hydrogen-bond donors (Lipinski definition) is 3. The summed E-state index contributed by atoms with van der Waals surface area (Å²) >= 11 is 0. The average Bonchev–Trinajstić information content (AvgIpc) is 3.47.